The molecule has 66 valence electrons. The molecule has 0 spiro atoms. The molecule has 0 fully saturated rings. The van der Waals surface area contributed by atoms with Crippen LogP contribution >= 0.6 is 0 Å². The molecule has 0 amide bonds. The monoisotopic (exact) mass is 166 g/mol. The molecule has 1 N–H and O–H groups in total. The molecule has 0 aliphatic heterocycles. The normalized spacial score (nSPS) is 10.1. The van der Waals surface area contributed by atoms with E-state index in [1.165, 1.54) is 5.56 Å². The minimum absolute atomic E-state index is 0.671. The van der Waals surface area contributed by atoms with E-state index in [4.69, 9.17) is 4.74 Å². The van der Waals surface area contributed by atoms with Gasteiger partial charge in [0.25, 0.3) is 0 Å². The van der Waals surface area contributed by atoms with Gasteiger partial charge in [0.2, 0.25) is 0 Å². The van der Waals surface area contributed by atoms with Gasteiger partial charge in [0.15, 0.2) is 0 Å². The van der Waals surface area contributed by atoms with Crippen LogP contribution in [0.2, 0.25) is 0 Å². The number of nitrogens with one attached hydrogen (secondary N) is 1. The summed E-state index contributed by atoms with van der Waals surface area (Å²) in [7, 11) is 1.91. The lowest BCUT2D eigenvalue weighted by molar-refractivity contribution is 0.124. The van der Waals surface area contributed by atoms with Crippen LogP contribution in [-0.4, -0.2) is 25.2 Å². The first-order chi connectivity index (χ1) is 5.93. The van der Waals surface area contributed by atoms with Crippen molar-refractivity contribution in [2.75, 3.05) is 20.2 Å². The lowest BCUT2D eigenvalue weighted by atomic mass is 10.3. The van der Waals surface area contributed by atoms with Crippen LogP contribution in [0.4, 0.5) is 0 Å². The molecule has 0 radical (unpaired) electrons. The highest BCUT2D eigenvalue weighted by Crippen LogP contribution is 1.97. The maximum absolute atomic E-state index is 5.37. The van der Waals surface area contributed by atoms with Crippen molar-refractivity contribution >= 4 is 0 Å². The second-order valence-corrected chi connectivity index (χ2v) is 2.51. The SMILES string of the molecule is CNCCOCc1ccncc1. The number of aromatic nitrogens is 1. The summed E-state index contributed by atoms with van der Waals surface area (Å²) < 4.78 is 5.37. The van der Waals surface area contributed by atoms with Gasteiger partial charge in [-0.15, -0.1) is 0 Å². The van der Waals surface area contributed by atoms with E-state index in [1.807, 2.05) is 19.2 Å². The van der Waals surface area contributed by atoms with Crippen LogP contribution in [0.15, 0.2) is 24.5 Å². The number of ether oxygens (including phenoxy) is 1. The van der Waals surface area contributed by atoms with Crippen LogP contribution in [0.3, 0.4) is 0 Å². The van der Waals surface area contributed by atoms with Crippen molar-refractivity contribution in [2.45, 2.75) is 6.61 Å². The first-order valence-electron chi connectivity index (χ1n) is 4.04. The third-order valence-electron chi connectivity index (χ3n) is 1.51. The standard InChI is InChI=1S/C9H14N2O/c1-10-6-7-12-8-9-2-4-11-5-3-9/h2-5,10H,6-8H2,1H3. The van der Waals surface area contributed by atoms with Gasteiger partial charge in [-0.1, -0.05) is 0 Å². The van der Waals surface area contributed by atoms with Crippen molar-refractivity contribution in [1.29, 1.82) is 0 Å². The number of pyridine rings is 1. The Morgan fingerprint density at radius 2 is 2.17 bits per heavy atom. The van der Waals surface area contributed by atoms with Crippen LogP contribution in [0, 0.1) is 0 Å². The average molecular weight is 166 g/mol. The summed E-state index contributed by atoms with van der Waals surface area (Å²) in [5.41, 5.74) is 1.17. The van der Waals surface area contributed by atoms with Crippen molar-refractivity contribution in [1.82, 2.24) is 10.3 Å². The Labute approximate surface area is 72.8 Å². The summed E-state index contributed by atoms with van der Waals surface area (Å²) in [5.74, 6) is 0. The highest BCUT2D eigenvalue weighted by atomic mass is 16.5. The second kappa shape index (κ2) is 5.69. The highest BCUT2D eigenvalue weighted by molar-refractivity contribution is 5.07. The quantitative estimate of drug-likeness (QED) is 0.657. The fraction of sp³-hybridized carbons (Fsp3) is 0.444. The number of hydrogen-bond acceptors (Lipinski definition) is 3. The number of nitrogens with zero attached hydrogens (tertiary/aromatic N) is 1. The highest BCUT2D eigenvalue weighted by Gasteiger charge is 1.90. The lowest BCUT2D eigenvalue weighted by Crippen LogP contribution is -2.13. The van der Waals surface area contributed by atoms with Crippen LogP contribution < -0.4 is 5.32 Å². The summed E-state index contributed by atoms with van der Waals surface area (Å²) in [6, 6.07) is 3.92. The van der Waals surface area contributed by atoms with Crippen LogP contribution in [0.25, 0.3) is 0 Å². The molecule has 0 bridgehead atoms. The summed E-state index contributed by atoms with van der Waals surface area (Å²) in [6.07, 6.45) is 3.55. The van der Waals surface area contributed by atoms with Gasteiger partial charge >= 0.3 is 0 Å². The van der Waals surface area contributed by atoms with E-state index in [2.05, 4.69) is 10.3 Å². The van der Waals surface area contributed by atoms with Gasteiger partial charge in [-0.3, -0.25) is 4.98 Å². The molecule has 0 atom stereocenters. The van der Waals surface area contributed by atoms with E-state index < -0.39 is 0 Å². The molecular weight excluding hydrogens is 152 g/mol. The summed E-state index contributed by atoms with van der Waals surface area (Å²) in [6.45, 7) is 2.31. The zero-order valence-corrected chi connectivity index (χ0v) is 7.29. The van der Waals surface area contributed by atoms with Gasteiger partial charge in [-0.05, 0) is 24.7 Å². The molecule has 0 unspecified atom stereocenters. The van der Waals surface area contributed by atoms with Gasteiger partial charge < -0.3 is 10.1 Å². The van der Waals surface area contributed by atoms with Gasteiger partial charge in [-0.25, -0.2) is 0 Å². The Morgan fingerprint density at radius 1 is 1.42 bits per heavy atom. The molecule has 0 aliphatic rings. The molecule has 0 aromatic carbocycles. The minimum Gasteiger partial charge on any atom is -0.375 e. The van der Waals surface area contributed by atoms with E-state index in [0.29, 0.717) is 6.61 Å². The largest absolute Gasteiger partial charge is 0.375 e. The fourth-order valence-corrected chi connectivity index (χ4v) is 0.843. The van der Waals surface area contributed by atoms with Crippen LogP contribution in [-0.2, 0) is 11.3 Å². The Hall–Kier alpha value is -0.930. The number of rotatable bonds is 5. The Balaban J connectivity index is 2.16. The lowest BCUT2D eigenvalue weighted by Gasteiger charge is -2.02. The zero-order chi connectivity index (χ0) is 8.65. The summed E-state index contributed by atoms with van der Waals surface area (Å²) in [4.78, 5) is 3.92. The minimum atomic E-state index is 0.671. The maximum atomic E-state index is 5.37. The summed E-state index contributed by atoms with van der Waals surface area (Å²) in [5, 5.41) is 3.02. The van der Waals surface area contributed by atoms with Crippen LogP contribution in [0.1, 0.15) is 5.56 Å². The van der Waals surface area contributed by atoms with Crippen molar-refractivity contribution in [3.05, 3.63) is 30.1 Å². The Kier molecular flexibility index (Phi) is 4.34. The average Bonchev–Trinajstić information content (AvgIpc) is 2.14. The second-order valence-electron chi connectivity index (χ2n) is 2.51. The Bertz CT molecular complexity index is 201. The number of likely N-dealkylation sites (N-methyl/N-ethyl adjacent to an activating group) is 1. The number of hydrogen-bond donors (Lipinski definition) is 1. The molecular formula is C9H14N2O. The maximum Gasteiger partial charge on any atom is 0.0718 e. The van der Waals surface area contributed by atoms with Gasteiger partial charge in [0.1, 0.15) is 0 Å². The molecule has 1 aromatic heterocycles. The van der Waals surface area contributed by atoms with Crippen molar-refractivity contribution < 1.29 is 4.74 Å². The smallest absolute Gasteiger partial charge is 0.0718 e. The molecule has 1 rings (SSSR count). The van der Waals surface area contributed by atoms with Crippen LogP contribution in [0.5, 0.6) is 0 Å². The van der Waals surface area contributed by atoms with Crippen molar-refractivity contribution in [3.63, 3.8) is 0 Å². The molecule has 0 saturated carbocycles. The van der Waals surface area contributed by atoms with E-state index in [0.717, 1.165) is 13.2 Å². The first kappa shape index (κ1) is 9.16. The van der Waals surface area contributed by atoms with Gasteiger partial charge in [0, 0.05) is 18.9 Å². The predicted octanol–water partition coefficient (Wildman–Crippen LogP) is 0.818. The van der Waals surface area contributed by atoms with Gasteiger partial charge in [-0.2, -0.15) is 0 Å². The third-order valence-corrected chi connectivity index (χ3v) is 1.51. The first-order valence-corrected chi connectivity index (χ1v) is 4.04. The van der Waals surface area contributed by atoms with Crippen molar-refractivity contribution in [3.8, 4) is 0 Å². The molecule has 1 aromatic rings. The summed E-state index contributed by atoms with van der Waals surface area (Å²) >= 11 is 0. The van der Waals surface area contributed by atoms with Crippen molar-refractivity contribution in [2.24, 2.45) is 0 Å². The van der Waals surface area contributed by atoms with E-state index >= 15 is 0 Å². The Morgan fingerprint density at radius 3 is 2.83 bits per heavy atom. The fourth-order valence-electron chi connectivity index (χ4n) is 0.843. The molecule has 0 aliphatic carbocycles. The molecule has 1 heterocycles. The van der Waals surface area contributed by atoms with E-state index in [-0.39, 0.29) is 0 Å². The predicted molar refractivity (Wildman–Crippen MR) is 47.8 cm³/mol. The zero-order valence-electron chi connectivity index (χ0n) is 7.29. The molecule has 3 heteroatoms. The van der Waals surface area contributed by atoms with Gasteiger partial charge in [0.05, 0.1) is 13.2 Å². The van der Waals surface area contributed by atoms with E-state index in [9.17, 15) is 0 Å². The molecule has 12 heavy (non-hydrogen) atoms. The third kappa shape index (κ3) is 3.46. The molecule has 0 saturated heterocycles. The molecule has 3 nitrogen and oxygen atoms in total. The topological polar surface area (TPSA) is 34.1 Å². The van der Waals surface area contributed by atoms with E-state index in [1.54, 1.807) is 12.4 Å².